The van der Waals surface area contributed by atoms with E-state index in [-0.39, 0.29) is 0 Å². The molecule has 0 atom stereocenters. The second-order valence-electron chi connectivity index (χ2n) is 3.85. The average molecular weight is 215 g/mol. The fourth-order valence-corrected chi connectivity index (χ4v) is 1.77. The van der Waals surface area contributed by atoms with E-state index in [4.69, 9.17) is 0 Å². The van der Waals surface area contributed by atoms with Crippen molar-refractivity contribution in [1.82, 2.24) is 9.78 Å². The van der Waals surface area contributed by atoms with E-state index >= 15 is 0 Å². The van der Waals surface area contributed by atoms with Crippen LogP contribution in [-0.4, -0.2) is 9.78 Å². The van der Waals surface area contributed by atoms with Gasteiger partial charge in [-0.25, -0.2) is 0 Å². The molecule has 1 aromatic carbocycles. The minimum Gasteiger partial charge on any atom is -0.365 e. The Morgan fingerprint density at radius 2 is 1.94 bits per heavy atom. The number of aryl methyl sites for hydroxylation is 2. The first kappa shape index (κ1) is 10.7. The van der Waals surface area contributed by atoms with Gasteiger partial charge in [0, 0.05) is 25.9 Å². The third kappa shape index (κ3) is 2.42. The fraction of sp³-hybridized carbons (Fsp3) is 0.308. The van der Waals surface area contributed by atoms with Crippen molar-refractivity contribution >= 4 is 5.82 Å². The lowest BCUT2D eigenvalue weighted by Gasteiger charge is -2.08. The van der Waals surface area contributed by atoms with Crippen molar-refractivity contribution in [1.29, 1.82) is 0 Å². The summed E-state index contributed by atoms with van der Waals surface area (Å²) in [6.45, 7) is 3.01. The lowest BCUT2D eigenvalue weighted by molar-refractivity contribution is 0.768. The van der Waals surface area contributed by atoms with Gasteiger partial charge in [0.1, 0.15) is 5.82 Å². The lowest BCUT2D eigenvalue weighted by Crippen LogP contribution is -2.03. The van der Waals surface area contributed by atoms with Gasteiger partial charge in [-0.2, -0.15) is 5.10 Å². The third-order valence-corrected chi connectivity index (χ3v) is 2.67. The fourth-order valence-electron chi connectivity index (χ4n) is 1.77. The summed E-state index contributed by atoms with van der Waals surface area (Å²) < 4.78 is 1.80. The maximum Gasteiger partial charge on any atom is 0.148 e. The van der Waals surface area contributed by atoms with Crippen molar-refractivity contribution in [3.05, 3.63) is 47.7 Å². The molecule has 84 valence electrons. The van der Waals surface area contributed by atoms with Gasteiger partial charge in [-0.15, -0.1) is 0 Å². The van der Waals surface area contributed by atoms with Gasteiger partial charge in [0.2, 0.25) is 0 Å². The van der Waals surface area contributed by atoms with E-state index in [9.17, 15) is 0 Å². The molecular weight excluding hydrogens is 198 g/mol. The summed E-state index contributed by atoms with van der Waals surface area (Å²) in [4.78, 5) is 0. The summed E-state index contributed by atoms with van der Waals surface area (Å²) in [5.41, 5.74) is 2.74. The van der Waals surface area contributed by atoms with Gasteiger partial charge in [-0.1, -0.05) is 31.2 Å². The molecule has 0 saturated carbocycles. The number of rotatable bonds is 4. The second-order valence-corrected chi connectivity index (χ2v) is 3.85. The summed E-state index contributed by atoms with van der Waals surface area (Å²) in [5.74, 6) is 0.924. The Kier molecular flexibility index (Phi) is 3.25. The Morgan fingerprint density at radius 1 is 1.19 bits per heavy atom. The van der Waals surface area contributed by atoms with E-state index in [1.165, 1.54) is 11.1 Å². The molecule has 1 N–H and O–H groups in total. The number of benzene rings is 1. The van der Waals surface area contributed by atoms with Crippen LogP contribution in [0.2, 0.25) is 0 Å². The molecule has 0 aliphatic heterocycles. The topological polar surface area (TPSA) is 29.9 Å². The molecule has 0 spiro atoms. The monoisotopic (exact) mass is 215 g/mol. The lowest BCUT2D eigenvalue weighted by atomic mass is 10.1. The van der Waals surface area contributed by atoms with Gasteiger partial charge in [-0.3, -0.25) is 4.68 Å². The van der Waals surface area contributed by atoms with Gasteiger partial charge >= 0.3 is 0 Å². The van der Waals surface area contributed by atoms with Crippen LogP contribution in [0, 0.1) is 0 Å². The maximum absolute atomic E-state index is 4.29. The van der Waals surface area contributed by atoms with E-state index in [0.29, 0.717) is 0 Å². The molecule has 0 bridgehead atoms. The minimum atomic E-state index is 0.834. The summed E-state index contributed by atoms with van der Waals surface area (Å²) >= 11 is 0. The highest BCUT2D eigenvalue weighted by atomic mass is 15.3. The highest BCUT2D eigenvalue weighted by Crippen LogP contribution is 2.11. The van der Waals surface area contributed by atoms with Gasteiger partial charge in [0.25, 0.3) is 0 Å². The highest BCUT2D eigenvalue weighted by Gasteiger charge is 2.00. The van der Waals surface area contributed by atoms with Crippen LogP contribution >= 0.6 is 0 Å². The van der Waals surface area contributed by atoms with Crippen LogP contribution in [0.3, 0.4) is 0 Å². The number of hydrogen-bond donors (Lipinski definition) is 1. The average Bonchev–Trinajstić information content (AvgIpc) is 2.73. The Morgan fingerprint density at radius 3 is 2.56 bits per heavy atom. The number of nitrogens with one attached hydrogen (secondary N) is 1. The van der Waals surface area contributed by atoms with Crippen molar-refractivity contribution in [2.75, 3.05) is 5.32 Å². The van der Waals surface area contributed by atoms with Gasteiger partial charge in [-0.05, 0) is 17.5 Å². The Labute approximate surface area is 96.1 Å². The van der Waals surface area contributed by atoms with E-state index in [2.05, 4.69) is 41.6 Å². The summed E-state index contributed by atoms with van der Waals surface area (Å²) in [6, 6.07) is 10.5. The summed E-state index contributed by atoms with van der Waals surface area (Å²) in [5, 5.41) is 7.61. The van der Waals surface area contributed by atoms with Crippen molar-refractivity contribution in [3.8, 4) is 0 Å². The van der Waals surface area contributed by atoms with Crippen LogP contribution in [0.25, 0.3) is 0 Å². The normalized spacial score (nSPS) is 10.4. The molecule has 1 heterocycles. The summed E-state index contributed by atoms with van der Waals surface area (Å²) in [7, 11) is 1.92. The van der Waals surface area contributed by atoms with Gasteiger partial charge in [0.15, 0.2) is 0 Å². The molecule has 2 aromatic rings. The zero-order chi connectivity index (χ0) is 11.4. The predicted molar refractivity (Wildman–Crippen MR) is 66.4 cm³/mol. The van der Waals surface area contributed by atoms with Gasteiger partial charge < -0.3 is 5.32 Å². The van der Waals surface area contributed by atoms with E-state index < -0.39 is 0 Å². The first-order valence-corrected chi connectivity index (χ1v) is 5.60. The molecule has 1 aromatic heterocycles. The largest absolute Gasteiger partial charge is 0.365 e. The molecule has 3 heteroatoms. The zero-order valence-electron chi connectivity index (χ0n) is 9.77. The molecule has 16 heavy (non-hydrogen) atoms. The maximum atomic E-state index is 4.29. The third-order valence-electron chi connectivity index (χ3n) is 2.67. The molecule has 3 nitrogen and oxygen atoms in total. The van der Waals surface area contributed by atoms with Crippen LogP contribution in [0.1, 0.15) is 18.1 Å². The molecule has 0 aliphatic rings. The Balaban J connectivity index is 2.04. The van der Waals surface area contributed by atoms with Crippen LogP contribution in [0.5, 0.6) is 0 Å². The van der Waals surface area contributed by atoms with Crippen molar-refractivity contribution < 1.29 is 0 Å². The van der Waals surface area contributed by atoms with Gasteiger partial charge in [0.05, 0.1) is 0 Å². The molecule has 0 saturated heterocycles. The van der Waals surface area contributed by atoms with E-state index in [1.807, 2.05) is 19.3 Å². The molecular formula is C13H17N3. The minimum absolute atomic E-state index is 0.834. The van der Waals surface area contributed by atoms with Crippen LogP contribution < -0.4 is 5.32 Å². The number of anilines is 1. The van der Waals surface area contributed by atoms with Crippen molar-refractivity contribution in [2.45, 2.75) is 19.9 Å². The molecule has 2 rings (SSSR count). The molecule has 0 amide bonds. The Hall–Kier alpha value is -1.77. The molecule has 0 unspecified atom stereocenters. The zero-order valence-corrected chi connectivity index (χ0v) is 9.77. The van der Waals surface area contributed by atoms with Crippen LogP contribution in [0.15, 0.2) is 36.5 Å². The van der Waals surface area contributed by atoms with Crippen molar-refractivity contribution in [3.63, 3.8) is 0 Å². The predicted octanol–water partition coefficient (Wildman–Crippen LogP) is 2.59. The molecule has 0 radical (unpaired) electrons. The Bertz CT molecular complexity index is 460. The SMILES string of the molecule is CCc1ccccc1CNc1ccn(C)n1. The number of aromatic nitrogens is 2. The second kappa shape index (κ2) is 4.84. The molecule has 0 aliphatic carbocycles. The standard InChI is InChI=1S/C13H17N3/c1-3-11-6-4-5-7-12(11)10-14-13-8-9-16(2)15-13/h4-9H,3,10H2,1-2H3,(H,14,15). The summed E-state index contributed by atoms with van der Waals surface area (Å²) in [6.07, 6.45) is 3.01. The first-order valence-electron chi connectivity index (χ1n) is 5.60. The quantitative estimate of drug-likeness (QED) is 0.849. The smallest absolute Gasteiger partial charge is 0.148 e. The van der Waals surface area contributed by atoms with Crippen LogP contribution in [0.4, 0.5) is 5.82 Å². The van der Waals surface area contributed by atoms with Crippen molar-refractivity contribution in [2.24, 2.45) is 7.05 Å². The van der Waals surface area contributed by atoms with E-state index in [0.717, 1.165) is 18.8 Å². The highest BCUT2D eigenvalue weighted by molar-refractivity contribution is 5.36. The number of hydrogen-bond acceptors (Lipinski definition) is 2. The number of nitrogens with zero attached hydrogens (tertiary/aromatic N) is 2. The van der Waals surface area contributed by atoms with E-state index in [1.54, 1.807) is 4.68 Å². The molecule has 0 fully saturated rings. The first-order chi connectivity index (χ1) is 7.79. The van der Waals surface area contributed by atoms with Crippen LogP contribution in [-0.2, 0) is 20.0 Å².